The van der Waals surface area contributed by atoms with Crippen LogP contribution in [0.5, 0.6) is 0 Å². The van der Waals surface area contributed by atoms with Gasteiger partial charge in [0, 0.05) is 18.2 Å². The summed E-state index contributed by atoms with van der Waals surface area (Å²) in [6, 6.07) is 5.82. The Morgan fingerprint density at radius 1 is 1.25 bits per heavy atom. The van der Waals surface area contributed by atoms with Gasteiger partial charge in [0.15, 0.2) is 0 Å². The lowest BCUT2D eigenvalue weighted by Gasteiger charge is -2.51. The molecule has 1 aliphatic heterocycles. The van der Waals surface area contributed by atoms with Crippen molar-refractivity contribution in [1.29, 1.82) is 0 Å². The van der Waals surface area contributed by atoms with Crippen LogP contribution < -0.4 is 0 Å². The smallest absolute Gasteiger partial charge is 0.430 e. The minimum atomic E-state index is -0.867. The van der Waals surface area contributed by atoms with Gasteiger partial charge in [-0.25, -0.2) is 4.79 Å². The molecule has 1 saturated heterocycles. The molecule has 1 heterocycles. The fourth-order valence-electron chi connectivity index (χ4n) is 3.07. The van der Waals surface area contributed by atoms with Crippen molar-refractivity contribution < 1.29 is 24.0 Å². The second-order valence-corrected chi connectivity index (χ2v) is 8.12. The van der Waals surface area contributed by atoms with Crippen LogP contribution in [-0.4, -0.2) is 45.7 Å². The molecule has 1 unspecified atom stereocenters. The summed E-state index contributed by atoms with van der Waals surface area (Å²) >= 11 is 1.56. The predicted octanol–water partition coefficient (Wildman–Crippen LogP) is 3.83. The van der Waals surface area contributed by atoms with Crippen LogP contribution in [0.15, 0.2) is 24.3 Å². The molecule has 9 heteroatoms. The number of hydrogen-bond donors (Lipinski definition) is 0. The van der Waals surface area contributed by atoms with Gasteiger partial charge in [-0.2, -0.15) is 0 Å². The first-order chi connectivity index (χ1) is 13.2. The van der Waals surface area contributed by atoms with Gasteiger partial charge in [0.1, 0.15) is 18.6 Å². The first-order valence-corrected chi connectivity index (χ1v) is 10.4. The number of amides is 1. The molecule has 0 radical (unpaired) electrons. The van der Waals surface area contributed by atoms with Gasteiger partial charge < -0.3 is 14.4 Å². The lowest BCUT2D eigenvalue weighted by Crippen LogP contribution is -2.66. The Balaban J connectivity index is 1.88. The summed E-state index contributed by atoms with van der Waals surface area (Å²) in [5.41, 5.74) is 0.570. The topological polar surface area (TPSA) is 99.0 Å². The molecule has 0 aliphatic carbocycles. The Labute approximate surface area is 168 Å². The lowest BCUT2D eigenvalue weighted by atomic mass is 9.88. The number of non-ortho nitro benzene ring substituents is 1. The van der Waals surface area contributed by atoms with Gasteiger partial charge in [0.2, 0.25) is 5.91 Å². The van der Waals surface area contributed by atoms with Crippen molar-refractivity contribution in [3.05, 3.63) is 39.9 Å². The zero-order chi connectivity index (χ0) is 21.0. The highest BCUT2D eigenvalue weighted by molar-refractivity contribution is 7.99. The Morgan fingerprint density at radius 3 is 2.36 bits per heavy atom. The van der Waals surface area contributed by atoms with E-state index in [4.69, 9.17) is 9.47 Å². The number of β-lactam (4-membered cyclic amide) rings is 1. The van der Waals surface area contributed by atoms with E-state index in [1.807, 2.05) is 18.1 Å². The van der Waals surface area contributed by atoms with Crippen LogP contribution in [-0.2, 0) is 20.9 Å². The Bertz CT molecular complexity index is 724. The average molecular weight is 410 g/mol. The molecule has 0 N–H and O–H groups in total. The summed E-state index contributed by atoms with van der Waals surface area (Å²) in [4.78, 5) is 36.6. The van der Waals surface area contributed by atoms with Crippen LogP contribution in [0.3, 0.4) is 0 Å². The molecule has 0 spiro atoms. The molecule has 2 rings (SSSR count). The lowest BCUT2D eigenvalue weighted by molar-refractivity contribution is -0.384. The highest BCUT2D eigenvalue weighted by atomic mass is 32.2. The monoisotopic (exact) mass is 410 g/mol. The summed E-state index contributed by atoms with van der Waals surface area (Å²) in [6.07, 6.45) is 0.461. The SMILES string of the molecule is CS[C@@H]1[C@@H]([C@H](C)OC(=O)OCc2ccc([N+](=O)[O-])cc2)C(=O)N1C(C)C(C)C. The van der Waals surface area contributed by atoms with Crippen molar-refractivity contribution in [1.82, 2.24) is 4.90 Å². The number of ether oxygens (including phenoxy) is 2. The summed E-state index contributed by atoms with van der Waals surface area (Å²) in [7, 11) is 0. The maximum absolute atomic E-state index is 12.6. The number of nitrogens with zero attached hydrogens (tertiary/aromatic N) is 2. The number of rotatable bonds is 8. The quantitative estimate of drug-likeness (QED) is 0.278. The van der Waals surface area contributed by atoms with Gasteiger partial charge >= 0.3 is 6.16 Å². The van der Waals surface area contributed by atoms with Crippen molar-refractivity contribution in [3.63, 3.8) is 0 Å². The molecule has 1 fully saturated rings. The molecule has 0 bridgehead atoms. The van der Waals surface area contributed by atoms with E-state index in [9.17, 15) is 19.7 Å². The second kappa shape index (κ2) is 9.27. The van der Waals surface area contributed by atoms with E-state index in [2.05, 4.69) is 13.8 Å². The molecule has 1 aromatic rings. The van der Waals surface area contributed by atoms with Crippen LogP contribution >= 0.6 is 11.8 Å². The molecule has 28 heavy (non-hydrogen) atoms. The Kier molecular flexibility index (Phi) is 7.29. The third kappa shape index (κ3) is 4.76. The highest BCUT2D eigenvalue weighted by Crippen LogP contribution is 2.40. The van der Waals surface area contributed by atoms with E-state index in [1.54, 1.807) is 18.7 Å². The van der Waals surface area contributed by atoms with Crippen LogP contribution in [0.4, 0.5) is 10.5 Å². The number of carbonyl (C=O) groups is 2. The molecule has 4 atom stereocenters. The largest absolute Gasteiger partial charge is 0.508 e. The number of nitro benzene ring substituents is 1. The number of benzene rings is 1. The number of carbonyl (C=O) groups excluding carboxylic acids is 2. The maximum Gasteiger partial charge on any atom is 0.508 e. The minimum Gasteiger partial charge on any atom is -0.430 e. The van der Waals surface area contributed by atoms with Crippen LogP contribution in [0.2, 0.25) is 0 Å². The minimum absolute atomic E-state index is 0.0174. The molecule has 1 aliphatic rings. The second-order valence-electron chi connectivity index (χ2n) is 7.17. The first-order valence-electron chi connectivity index (χ1n) is 9.09. The van der Waals surface area contributed by atoms with E-state index in [1.165, 1.54) is 24.3 Å². The van der Waals surface area contributed by atoms with Crippen LogP contribution in [0, 0.1) is 22.0 Å². The third-order valence-corrected chi connectivity index (χ3v) is 6.06. The van der Waals surface area contributed by atoms with E-state index in [-0.39, 0.29) is 29.6 Å². The zero-order valence-corrected chi connectivity index (χ0v) is 17.5. The zero-order valence-electron chi connectivity index (χ0n) is 16.7. The van der Waals surface area contributed by atoms with Gasteiger partial charge in [0.25, 0.3) is 5.69 Å². The summed E-state index contributed by atoms with van der Waals surface area (Å²) < 4.78 is 10.4. The first kappa shape index (κ1) is 22.0. The van der Waals surface area contributed by atoms with E-state index in [0.717, 1.165) is 0 Å². The maximum atomic E-state index is 12.6. The number of hydrogen-bond acceptors (Lipinski definition) is 7. The molecule has 0 aromatic heterocycles. The average Bonchev–Trinajstić information content (AvgIpc) is 2.64. The highest BCUT2D eigenvalue weighted by Gasteiger charge is 2.53. The third-order valence-electron chi connectivity index (χ3n) is 5.06. The summed E-state index contributed by atoms with van der Waals surface area (Å²) in [5.74, 6) is -0.0817. The molecule has 1 aromatic carbocycles. The van der Waals surface area contributed by atoms with Crippen molar-refractivity contribution in [3.8, 4) is 0 Å². The van der Waals surface area contributed by atoms with Gasteiger partial charge in [-0.1, -0.05) is 13.8 Å². The molecule has 154 valence electrons. The molecule has 1 amide bonds. The van der Waals surface area contributed by atoms with E-state index < -0.39 is 23.1 Å². The van der Waals surface area contributed by atoms with Gasteiger partial charge in [0.05, 0.1) is 10.3 Å². The number of likely N-dealkylation sites (tertiary alicyclic amines) is 1. The fourth-order valence-corrected chi connectivity index (χ4v) is 4.23. The van der Waals surface area contributed by atoms with Crippen molar-refractivity contribution in [2.24, 2.45) is 11.8 Å². The van der Waals surface area contributed by atoms with Crippen molar-refractivity contribution in [2.45, 2.75) is 51.8 Å². The molecular formula is C19H26N2O6S. The van der Waals surface area contributed by atoms with Crippen molar-refractivity contribution >= 4 is 29.5 Å². The van der Waals surface area contributed by atoms with Gasteiger partial charge in [-0.05, 0) is 43.7 Å². The Morgan fingerprint density at radius 2 is 1.86 bits per heavy atom. The summed E-state index contributed by atoms with van der Waals surface area (Å²) in [6.45, 7) is 7.78. The van der Waals surface area contributed by atoms with Crippen LogP contribution in [0.25, 0.3) is 0 Å². The normalized spacial score (nSPS) is 21.1. The van der Waals surface area contributed by atoms with Crippen LogP contribution in [0.1, 0.15) is 33.3 Å². The Hall–Kier alpha value is -2.29. The standard InChI is InChI=1S/C19H26N2O6S/c1-11(2)12(3)20-17(22)16(18(20)28-5)13(4)27-19(23)26-10-14-6-8-15(9-7-14)21(24)25/h6-9,11-13,16,18H,10H2,1-5H3/t12?,13-,16-,18+/m0/s1. The van der Waals surface area contributed by atoms with E-state index >= 15 is 0 Å². The fraction of sp³-hybridized carbons (Fsp3) is 0.579. The molecule has 0 saturated carbocycles. The predicted molar refractivity (Wildman–Crippen MR) is 106 cm³/mol. The van der Waals surface area contributed by atoms with Gasteiger partial charge in [-0.3, -0.25) is 14.9 Å². The van der Waals surface area contributed by atoms with Gasteiger partial charge in [-0.15, -0.1) is 11.8 Å². The molecular weight excluding hydrogens is 384 g/mol. The van der Waals surface area contributed by atoms with E-state index in [0.29, 0.717) is 11.5 Å². The number of thioether (sulfide) groups is 1. The summed E-state index contributed by atoms with van der Waals surface area (Å²) in [5, 5.41) is 10.6. The molecule has 8 nitrogen and oxygen atoms in total. The number of nitro groups is 1. The van der Waals surface area contributed by atoms with Crippen molar-refractivity contribution in [2.75, 3.05) is 6.26 Å².